The number of para-hydroxylation sites is 2. The molecule has 0 radical (unpaired) electrons. The van der Waals surface area contributed by atoms with Crippen LogP contribution in [0.3, 0.4) is 0 Å². The smallest absolute Gasteiger partial charge is 0.420 e. The van der Waals surface area contributed by atoms with Crippen LogP contribution >= 0.6 is 0 Å². The van der Waals surface area contributed by atoms with Gasteiger partial charge in [-0.3, -0.25) is 9.36 Å². The van der Waals surface area contributed by atoms with Crippen LogP contribution in [0.1, 0.15) is 24.2 Å². The average Bonchev–Trinajstić information content (AvgIpc) is 3.06. The standard InChI is InChI=1S/C22H26N2O6/c1-13(2)15(12-24-16-8-6-7-9-17(16)30-22(24)26)23-21(25)14-10-18(27-3)20(29-5)19(11-14)28-4/h6-11,13,15H,12H2,1-5H3,(H,23,25)/t15-/m1/s1. The Bertz CT molecular complexity index is 1070. The number of benzene rings is 2. The zero-order valence-corrected chi connectivity index (χ0v) is 17.7. The van der Waals surface area contributed by atoms with Crippen molar-refractivity contribution in [2.24, 2.45) is 5.92 Å². The van der Waals surface area contributed by atoms with E-state index in [4.69, 9.17) is 18.6 Å². The molecule has 0 spiro atoms. The molecule has 3 rings (SSSR count). The molecule has 0 saturated carbocycles. The Kier molecular flexibility index (Phi) is 6.34. The molecule has 1 N–H and O–H groups in total. The third-order valence-electron chi connectivity index (χ3n) is 5.00. The number of hydrogen-bond acceptors (Lipinski definition) is 6. The minimum Gasteiger partial charge on any atom is -0.493 e. The van der Waals surface area contributed by atoms with Crippen molar-refractivity contribution in [1.29, 1.82) is 0 Å². The first-order valence-electron chi connectivity index (χ1n) is 9.58. The average molecular weight is 414 g/mol. The number of amides is 1. The van der Waals surface area contributed by atoms with Crippen molar-refractivity contribution in [2.75, 3.05) is 21.3 Å². The summed E-state index contributed by atoms with van der Waals surface area (Å²) in [6.07, 6.45) is 0. The lowest BCUT2D eigenvalue weighted by molar-refractivity contribution is 0.0919. The van der Waals surface area contributed by atoms with E-state index in [1.165, 1.54) is 25.9 Å². The second-order valence-electron chi connectivity index (χ2n) is 7.18. The van der Waals surface area contributed by atoms with E-state index in [1.54, 1.807) is 18.2 Å². The van der Waals surface area contributed by atoms with Gasteiger partial charge in [0.1, 0.15) is 0 Å². The lowest BCUT2D eigenvalue weighted by Gasteiger charge is -2.23. The zero-order valence-electron chi connectivity index (χ0n) is 17.7. The van der Waals surface area contributed by atoms with E-state index in [0.717, 1.165) is 0 Å². The summed E-state index contributed by atoms with van der Waals surface area (Å²) in [7, 11) is 4.49. The lowest BCUT2D eigenvalue weighted by atomic mass is 10.0. The summed E-state index contributed by atoms with van der Waals surface area (Å²) in [6.45, 7) is 4.24. The van der Waals surface area contributed by atoms with E-state index in [0.29, 0.717) is 33.9 Å². The van der Waals surface area contributed by atoms with E-state index >= 15 is 0 Å². The highest BCUT2D eigenvalue weighted by molar-refractivity contribution is 5.95. The fourth-order valence-corrected chi connectivity index (χ4v) is 3.27. The first-order valence-corrected chi connectivity index (χ1v) is 9.58. The number of aromatic nitrogens is 1. The largest absolute Gasteiger partial charge is 0.493 e. The van der Waals surface area contributed by atoms with Gasteiger partial charge in [0, 0.05) is 18.2 Å². The maximum Gasteiger partial charge on any atom is 0.420 e. The molecule has 160 valence electrons. The Labute approximate surface area is 174 Å². The van der Waals surface area contributed by atoms with Gasteiger partial charge in [0.05, 0.1) is 26.8 Å². The van der Waals surface area contributed by atoms with Crippen LogP contribution in [0.2, 0.25) is 0 Å². The molecule has 0 fully saturated rings. The molecule has 0 bridgehead atoms. The van der Waals surface area contributed by atoms with E-state index < -0.39 is 5.76 Å². The number of oxazole rings is 1. The fraction of sp³-hybridized carbons (Fsp3) is 0.364. The summed E-state index contributed by atoms with van der Waals surface area (Å²) in [5.74, 6) is 0.489. The molecule has 30 heavy (non-hydrogen) atoms. The highest BCUT2D eigenvalue weighted by atomic mass is 16.5. The van der Waals surface area contributed by atoms with Crippen molar-refractivity contribution >= 4 is 17.0 Å². The van der Waals surface area contributed by atoms with Crippen LogP contribution < -0.4 is 25.3 Å². The Morgan fingerprint density at radius 3 is 2.27 bits per heavy atom. The molecule has 8 nitrogen and oxygen atoms in total. The van der Waals surface area contributed by atoms with Crippen LogP contribution in [-0.2, 0) is 6.54 Å². The van der Waals surface area contributed by atoms with Crippen molar-refractivity contribution in [3.05, 3.63) is 52.5 Å². The van der Waals surface area contributed by atoms with Crippen LogP contribution in [0.5, 0.6) is 17.2 Å². The third kappa shape index (κ3) is 4.12. The van der Waals surface area contributed by atoms with Crippen LogP contribution in [0.4, 0.5) is 0 Å². The van der Waals surface area contributed by atoms with Gasteiger partial charge in [-0.05, 0) is 30.2 Å². The van der Waals surface area contributed by atoms with E-state index in [9.17, 15) is 9.59 Å². The predicted molar refractivity (Wildman–Crippen MR) is 113 cm³/mol. The Morgan fingerprint density at radius 1 is 1.07 bits per heavy atom. The predicted octanol–water partition coefficient (Wildman–Crippen LogP) is 3.07. The SMILES string of the molecule is COc1cc(C(=O)N[C@H](Cn2c(=O)oc3ccccc32)C(C)C)cc(OC)c1OC. The normalized spacial score (nSPS) is 12.1. The molecule has 0 aliphatic heterocycles. The summed E-state index contributed by atoms with van der Waals surface area (Å²) in [4.78, 5) is 25.3. The Balaban J connectivity index is 1.89. The number of carbonyl (C=O) groups is 1. The number of nitrogens with zero attached hydrogens (tertiary/aromatic N) is 1. The van der Waals surface area contributed by atoms with Gasteiger partial charge >= 0.3 is 5.76 Å². The van der Waals surface area contributed by atoms with Gasteiger partial charge in [-0.2, -0.15) is 0 Å². The second-order valence-corrected chi connectivity index (χ2v) is 7.18. The summed E-state index contributed by atoms with van der Waals surface area (Å²) in [5.41, 5.74) is 1.57. The molecule has 0 aliphatic rings. The highest BCUT2D eigenvalue weighted by Gasteiger charge is 2.23. The number of hydrogen-bond donors (Lipinski definition) is 1. The molecule has 1 amide bonds. The molecule has 0 saturated heterocycles. The molecule has 2 aromatic carbocycles. The summed E-state index contributed by atoms with van der Waals surface area (Å²) >= 11 is 0. The van der Waals surface area contributed by atoms with Crippen molar-refractivity contribution in [1.82, 2.24) is 9.88 Å². The van der Waals surface area contributed by atoms with Crippen LogP contribution in [0.15, 0.2) is 45.6 Å². The van der Waals surface area contributed by atoms with E-state index in [2.05, 4.69) is 5.32 Å². The van der Waals surface area contributed by atoms with Gasteiger partial charge in [0.25, 0.3) is 5.91 Å². The van der Waals surface area contributed by atoms with Crippen molar-refractivity contribution in [3.8, 4) is 17.2 Å². The van der Waals surface area contributed by atoms with Gasteiger partial charge in [0.2, 0.25) is 5.75 Å². The Morgan fingerprint density at radius 2 is 1.70 bits per heavy atom. The maximum absolute atomic E-state index is 13.0. The number of nitrogens with one attached hydrogen (secondary N) is 1. The molecule has 0 aliphatic carbocycles. The molecule has 1 atom stereocenters. The quantitative estimate of drug-likeness (QED) is 0.609. The topological polar surface area (TPSA) is 91.9 Å². The van der Waals surface area contributed by atoms with Crippen molar-refractivity contribution in [3.63, 3.8) is 0 Å². The molecule has 8 heteroatoms. The summed E-state index contributed by atoms with van der Waals surface area (Å²) < 4.78 is 22.8. The lowest BCUT2D eigenvalue weighted by Crippen LogP contribution is -2.42. The molecule has 1 aromatic heterocycles. The fourth-order valence-electron chi connectivity index (χ4n) is 3.27. The number of carbonyl (C=O) groups excluding carboxylic acids is 1. The third-order valence-corrected chi connectivity index (χ3v) is 5.00. The summed E-state index contributed by atoms with van der Waals surface area (Å²) in [5, 5.41) is 3.01. The zero-order chi connectivity index (χ0) is 21.8. The molecule has 0 unspecified atom stereocenters. The monoisotopic (exact) mass is 414 g/mol. The van der Waals surface area contributed by atoms with Crippen LogP contribution in [-0.4, -0.2) is 37.8 Å². The highest BCUT2D eigenvalue weighted by Crippen LogP contribution is 2.38. The van der Waals surface area contributed by atoms with Gasteiger partial charge in [-0.25, -0.2) is 4.79 Å². The minimum absolute atomic E-state index is 0.0663. The maximum atomic E-state index is 13.0. The van der Waals surface area contributed by atoms with Crippen LogP contribution in [0.25, 0.3) is 11.1 Å². The first-order chi connectivity index (χ1) is 14.4. The summed E-state index contributed by atoms with van der Waals surface area (Å²) in [6, 6.07) is 10.1. The van der Waals surface area contributed by atoms with E-state index in [-0.39, 0.29) is 24.4 Å². The molecule has 1 heterocycles. The van der Waals surface area contributed by atoms with Crippen molar-refractivity contribution < 1.29 is 23.4 Å². The van der Waals surface area contributed by atoms with E-state index in [1.807, 2.05) is 32.0 Å². The molecular weight excluding hydrogens is 388 g/mol. The van der Waals surface area contributed by atoms with Gasteiger partial charge in [-0.1, -0.05) is 26.0 Å². The van der Waals surface area contributed by atoms with Crippen LogP contribution in [0, 0.1) is 5.92 Å². The van der Waals surface area contributed by atoms with Gasteiger partial charge in [0.15, 0.2) is 17.1 Å². The minimum atomic E-state index is -0.455. The first kappa shape index (κ1) is 21.3. The second kappa shape index (κ2) is 8.94. The number of fused-ring (bicyclic) bond motifs is 1. The van der Waals surface area contributed by atoms with Crippen molar-refractivity contribution in [2.45, 2.75) is 26.4 Å². The molecular formula is C22H26N2O6. The molecule has 3 aromatic rings. The number of methoxy groups -OCH3 is 3. The van der Waals surface area contributed by atoms with Gasteiger partial charge in [-0.15, -0.1) is 0 Å². The number of ether oxygens (including phenoxy) is 3. The number of rotatable bonds is 8. The Hall–Kier alpha value is -3.42. The van der Waals surface area contributed by atoms with Gasteiger partial charge < -0.3 is 23.9 Å².